The molecule has 0 fully saturated rings. The standard InChI is InChI=1S/C45H33NO.C24H19N.C21H15BrO/c1-45(2)39-27-28-42-44(38-15-9-10-16-41(38)47-42)43(39)37-26-25-36(29-40(37)45)46(34-21-17-32(18-22-34)30-11-5-3-6-12-30)35-23-19-33(20-24-35)31-13-7-4-8-14-31;1-3-7-19(8-4-1)21-11-15-23(16-12-21)25-24-17-13-22(14-18-24)20-9-5-2-6-10-20;1-21(2)15-9-10-18-20(14-5-3-4-6-17(14)23-18)19(15)13-8-7-12(22)11-16(13)21/h3-29H,1-2H3;1-18,25H;3-11H,1-2H3. The zero-order valence-electron chi connectivity index (χ0n) is 53.3. The van der Waals surface area contributed by atoms with Gasteiger partial charge in [-0.3, -0.25) is 0 Å². The highest BCUT2D eigenvalue weighted by Gasteiger charge is 2.39. The molecule has 0 spiro atoms. The molecule has 1 N–H and O–H groups in total. The zero-order valence-corrected chi connectivity index (χ0v) is 54.9. The number of halogens is 1. The molecule has 0 bridgehead atoms. The Hall–Kier alpha value is -11.2. The van der Waals surface area contributed by atoms with E-state index >= 15 is 0 Å². The summed E-state index contributed by atoms with van der Waals surface area (Å²) in [6, 6.07) is 116. The van der Waals surface area contributed by atoms with Gasteiger partial charge in [-0.1, -0.05) is 274 Å². The number of fused-ring (bicyclic) bond motifs is 14. The smallest absolute Gasteiger partial charge is 0.136 e. The van der Waals surface area contributed by atoms with E-state index in [1.54, 1.807) is 0 Å². The van der Waals surface area contributed by atoms with Crippen LogP contribution >= 0.6 is 15.9 Å². The van der Waals surface area contributed by atoms with E-state index < -0.39 is 0 Å². The third-order valence-corrected chi connectivity index (χ3v) is 19.8. The second-order valence-corrected chi connectivity index (χ2v) is 26.7. The van der Waals surface area contributed by atoms with Crippen LogP contribution in [0, 0.1) is 0 Å². The lowest BCUT2D eigenvalue weighted by Gasteiger charge is -2.28. The number of hydrogen-bond donors (Lipinski definition) is 1. The van der Waals surface area contributed by atoms with Gasteiger partial charge in [0.25, 0.3) is 0 Å². The Balaban J connectivity index is 0.000000124. The van der Waals surface area contributed by atoms with Crippen molar-refractivity contribution < 1.29 is 8.83 Å². The van der Waals surface area contributed by atoms with E-state index in [1.165, 1.54) is 111 Å². The van der Waals surface area contributed by atoms with Gasteiger partial charge in [0.2, 0.25) is 0 Å². The fraction of sp³-hybridized carbons (Fsp3) is 0.0667. The quantitative estimate of drug-likeness (QED) is 0.156. The van der Waals surface area contributed by atoms with Crippen molar-refractivity contribution in [3.05, 3.63) is 354 Å². The van der Waals surface area contributed by atoms with Gasteiger partial charge in [0.1, 0.15) is 22.3 Å². The maximum Gasteiger partial charge on any atom is 0.136 e. The van der Waals surface area contributed by atoms with Gasteiger partial charge in [-0.05, 0) is 186 Å². The summed E-state index contributed by atoms with van der Waals surface area (Å²) in [5, 5.41) is 8.29. The zero-order chi connectivity index (χ0) is 64.2. The molecule has 16 aromatic rings. The molecule has 2 aromatic heterocycles. The maximum absolute atomic E-state index is 6.31. The lowest BCUT2D eigenvalue weighted by molar-refractivity contribution is 0.656. The minimum Gasteiger partial charge on any atom is -0.456 e. The molecule has 18 rings (SSSR count). The van der Waals surface area contributed by atoms with Gasteiger partial charge >= 0.3 is 0 Å². The average Bonchev–Trinajstić information content (AvgIpc) is 1.56. The number of benzene rings is 14. The van der Waals surface area contributed by atoms with Crippen LogP contribution in [0.5, 0.6) is 0 Å². The van der Waals surface area contributed by atoms with E-state index in [4.69, 9.17) is 8.83 Å². The van der Waals surface area contributed by atoms with Crippen LogP contribution in [0.2, 0.25) is 0 Å². The van der Waals surface area contributed by atoms with E-state index in [1.807, 2.05) is 30.3 Å². The fourth-order valence-corrected chi connectivity index (χ4v) is 14.8. The van der Waals surface area contributed by atoms with E-state index in [2.05, 4.69) is 351 Å². The number of furan rings is 2. The van der Waals surface area contributed by atoms with Crippen molar-refractivity contribution in [3.8, 4) is 66.8 Å². The maximum atomic E-state index is 6.31. The fourth-order valence-electron chi connectivity index (χ4n) is 14.4. The van der Waals surface area contributed by atoms with Crippen molar-refractivity contribution in [2.75, 3.05) is 10.2 Å². The summed E-state index contributed by atoms with van der Waals surface area (Å²) in [4.78, 5) is 2.38. The lowest BCUT2D eigenvalue weighted by atomic mass is 9.82. The predicted molar refractivity (Wildman–Crippen MR) is 403 cm³/mol. The molecule has 0 saturated heterocycles. The molecule has 14 aromatic carbocycles. The molecule has 2 aliphatic carbocycles. The second kappa shape index (κ2) is 24.3. The molecule has 2 heterocycles. The molecule has 0 radical (unpaired) electrons. The molecular weight excluding hydrogens is 1220 g/mol. The summed E-state index contributed by atoms with van der Waals surface area (Å²) >= 11 is 3.62. The normalized spacial score (nSPS) is 12.9. The Bertz CT molecular complexity index is 5300. The molecule has 95 heavy (non-hydrogen) atoms. The first kappa shape index (κ1) is 58.8. The molecule has 2 aliphatic rings. The minimum atomic E-state index is -0.173. The van der Waals surface area contributed by atoms with Crippen molar-refractivity contribution in [2.45, 2.75) is 38.5 Å². The van der Waals surface area contributed by atoms with Crippen molar-refractivity contribution in [3.63, 3.8) is 0 Å². The van der Waals surface area contributed by atoms with Crippen LogP contribution in [0.4, 0.5) is 28.4 Å². The third-order valence-electron chi connectivity index (χ3n) is 19.3. The van der Waals surface area contributed by atoms with Gasteiger partial charge in [0.05, 0.1) is 0 Å². The van der Waals surface area contributed by atoms with Gasteiger partial charge in [0, 0.05) is 65.3 Å². The Kier molecular flexibility index (Phi) is 15.1. The minimum absolute atomic E-state index is 0.00100. The number of nitrogens with one attached hydrogen (secondary N) is 1. The monoisotopic (exact) mass is 1290 g/mol. The first-order valence-electron chi connectivity index (χ1n) is 32.6. The van der Waals surface area contributed by atoms with E-state index in [0.29, 0.717) is 0 Å². The summed E-state index contributed by atoms with van der Waals surface area (Å²) < 4.78 is 13.5. The Morgan fingerprint density at radius 2 is 0.611 bits per heavy atom. The number of anilines is 5. The van der Waals surface area contributed by atoms with E-state index in [0.717, 1.165) is 55.2 Å². The van der Waals surface area contributed by atoms with Crippen LogP contribution in [-0.4, -0.2) is 0 Å². The summed E-state index contributed by atoms with van der Waals surface area (Å²) in [7, 11) is 0. The van der Waals surface area contributed by atoms with Crippen LogP contribution in [0.25, 0.3) is 111 Å². The second-order valence-electron chi connectivity index (χ2n) is 25.8. The van der Waals surface area contributed by atoms with Crippen molar-refractivity contribution in [1.29, 1.82) is 0 Å². The summed E-state index contributed by atoms with van der Waals surface area (Å²) in [5.41, 5.74) is 29.6. The van der Waals surface area contributed by atoms with Gasteiger partial charge < -0.3 is 19.1 Å². The molecule has 0 unspecified atom stereocenters. The van der Waals surface area contributed by atoms with Crippen LogP contribution < -0.4 is 10.2 Å². The Morgan fingerprint density at radius 1 is 0.284 bits per heavy atom. The molecule has 0 atom stereocenters. The number of para-hydroxylation sites is 2. The molecule has 0 saturated carbocycles. The van der Waals surface area contributed by atoms with Crippen molar-refractivity contribution >= 4 is 88.2 Å². The summed E-state index contributed by atoms with van der Waals surface area (Å²) in [5.74, 6) is 0. The first-order chi connectivity index (χ1) is 46.5. The van der Waals surface area contributed by atoms with E-state index in [9.17, 15) is 0 Å². The predicted octanol–water partition coefficient (Wildman–Crippen LogP) is 26.1. The number of hydrogen-bond acceptors (Lipinski definition) is 4. The van der Waals surface area contributed by atoms with Crippen LogP contribution in [-0.2, 0) is 10.8 Å². The Labute approximate surface area is 563 Å². The first-order valence-corrected chi connectivity index (χ1v) is 33.3. The lowest BCUT2D eigenvalue weighted by Crippen LogP contribution is -2.16. The molecule has 4 nitrogen and oxygen atoms in total. The van der Waals surface area contributed by atoms with Crippen LogP contribution in [0.15, 0.2) is 341 Å². The SMILES string of the molecule is CC1(C)c2cc(Br)ccc2-c2c1ccc1oc3ccccc3c21.CC1(C)c2cc(N(c3ccc(-c4ccccc4)cc3)c3ccc(-c4ccccc4)cc3)ccc2-c2c1ccc1oc3ccccc3c21.c1ccc(-c2ccc(Nc3ccc(-c4ccccc4)cc3)cc2)cc1. The molecular formula is C90H67BrN2O2. The highest BCUT2D eigenvalue weighted by molar-refractivity contribution is 9.10. The van der Waals surface area contributed by atoms with Crippen LogP contribution in [0.3, 0.4) is 0 Å². The molecule has 0 aliphatic heterocycles. The number of nitrogens with zero attached hydrogens (tertiary/aromatic N) is 1. The summed E-state index contributed by atoms with van der Waals surface area (Å²) in [6.07, 6.45) is 0. The topological polar surface area (TPSA) is 41.6 Å². The van der Waals surface area contributed by atoms with E-state index in [-0.39, 0.29) is 10.8 Å². The Morgan fingerprint density at radius 3 is 1.01 bits per heavy atom. The van der Waals surface area contributed by atoms with Gasteiger partial charge in [-0.25, -0.2) is 0 Å². The van der Waals surface area contributed by atoms with Crippen molar-refractivity contribution in [2.24, 2.45) is 0 Å². The van der Waals surface area contributed by atoms with Gasteiger partial charge in [-0.2, -0.15) is 0 Å². The summed E-state index contributed by atoms with van der Waals surface area (Å²) in [6.45, 7) is 9.31. The third kappa shape index (κ3) is 10.9. The number of rotatable bonds is 9. The molecule has 0 amide bonds. The molecule has 5 heteroatoms. The highest BCUT2D eigenvalue weighted by atomic mass is 79.9. The largest absolute Gasteiger partial charge is 0.456 e. The van der Waals surface area contributed by atoms with Crippen LogP contribution in [0.1, 0.15) is 49.9 Å². The van der Waals surface area contributed by atoms with Gasteiger partial charge in [0.15, 0.2) is 0 Å². The van der Waals surface area contributed by atoms with Crippen molar-refractivity contribution in [1.82, 2.24) is 0 Å². The van der Waals surface area contributed by atoms with Gasteiger partial charge in [-0.15, -0.1) is 0 Å². The average molecular weight is 1290 g/mol. The highest BCUT2D eigenvalue weighted by Crippen LogP contribution is 2.56. The molecule has 456 valence electrons.